The van der Waals surface area contributed by atoms with E-state index in [0.717, 1.165) is 12.0 Å². The zero-order chi connectivity index (χ0) is 14.5. The van der Waals surface area contributed by atoms with Gasteiger partial charge in [0.25, 0.3) is 0 Å². The van der Waals surface area contributed by atoms with E-state index < -0.39 is 0 Å². The predicted octanol–water partition coefficient (Wildman–Crippen LogP) is 3.18. The molecule has 0 spiro atoms. The van der Waals surface area contributed by atoms with E-state index in [1.807, 2.05) is 24.1 Å². The standard InChI is InChI=1S/C16H29N3O/c1-4-12-8-6-7-9-15(12)20-16(14(17)5-2)13-10-18-19(3)11-13/h10-12,14-16H,4-9,17H2,1-3H3. The molecule has 1 aromatic heterocycles. The maximum absolute atomic E-state index is 6.47. The lowest BCUT2D eigenvalue weighted by Gasteiger charge is -2.35. The summed E-state index contributed by atoms with van der Waals surface area (Å²) in [6, 6.07) is 0.0404. The Kier molecular flexibility index (Phi) is 5.61. The first-order valence-corrected chi connectivity index (χ1v) is 8.05. The van der Waals surface area contributed by atoms with Crippen molar-refractivity contribution in [2.24, 2.45) is 18.7 Å². The van der Waals surface area contributed by atoms with Crippen LogP contribution in [0.5, 0.6) is 0 Å². The fraction of sp³-hybridized carbons (Fsp3) is 0.812. The van der Waals surface area contributed by atoms with Crippen molar-refractivity contribution in [3.05, 3.63) is 18.0 Å². The molecule has 4 unspecified atom stereocenters. The smallest absolute Gasteiger partial charge is 0.101 e. The minimum Gasteiger partial charge on any atom is -0.368 e. The number of ether oxygens (including phenoxy) is 1. The van der Waals surface area contributed by atoms with Gasteiger partial charge in [-0.25, -0.2) is 0 Å². The highest BCUT2D eigenvalue weighted by molar-refractivity contribution is 5.11. The van der Waals surface area contributed by atoms with Gasteiger partial charge in [-0.2, -0.15) is 5.10 Å². The van der Waals surface area contributed by atoms with Crippen LogP contribution in [0, 0.1) is 5.92 Å². The number of aromatic nitrogens is 2. The van der Waals surface area contributed by atoms with Crippen LogP contribution < -0.4 is 5.73 Å². The van der Waals surface area contributed by atoms with Gasteiger partial charge < -0.3 is 10.5 Å². The molecular formula is C16H29N3O. The van der Waals surface area contributed by atoms with Crippen molar-refractivity contribution in [1.82, 2.24) is 9.78 Å². The molecule has 20 heavy (non-hydrogen) atoms. The molecule has 0 saturated heterocycles. The lowest BCUT2D eigenvalue weighted by Crippen LogP contribution is -2.36. The van der Waals surface area contributed by atoms with Crippen molar-refractivity contribution < 1.29 is 4.74 Å². The molecule has 0 radical (unpaired) electrons. The summed E-state index contributed by atoms with van der Waals surface area (Å²) in [7, 11) is 1.94. The van der Waals surface area contributed by atoms with Crippen molar-refractivity contribution >= 4 is 0 Å². The van der Waals surface area contributed by atoms with Crippen molar-refractivity contribution in [3.63, 3.8) is 0 Å². The monoisotopic (exact) mass is 279 g/mol. The topological polar surface area (TPSA) is 53.1 Å². The molecule has 4 atom stereocenters. The minimum atomic E-state index is -0.0224. The molecule has 2 N–H and O–H groups in total. The van der Waals surface area contributed by atoms with E-state index in [1.54, 1.807) is 0 Å². The highest BCUT2D eigenvalue weighted by Crippen LogP contribution is 2.34. The van der Waals surface area contributed by atoms with E-state index in [-0.39, 0.29) is 12.1 Å². The third-order valence-electron chi connectivity index (χ3n) is 4.60. The molecule has 1 aliphatic rings. The lowest BCUT2D eigenvalue weighted by molar-refractivity contribution is -0.0725. The van der Waals surface area contributed by atoms with Crippen LogP contribution in [0.3, 0.4) is 0 Å². The molecule has 1 heterocycles. The first-order chi connectivity index (χ1) is 9.65. The molecule has 0 aromatic carbocycles. The Hall–Kier alpha value is -0.870. The quantitative estimate of drug-likeness (QED) is 0.870. The average Bonchev–Trinajstić information content (AvgIpc) is 2.90. The molecule has 1 aliphatic carbocycles. The van der Waals surface area contributed by atoms with E-state index in [9.17, 15) is 0 Å². The lowest BCUT2D eigenvalue weighted by atomic mass is 9.84. The van der Waals surface area contributed by atoms with Crippen LogP contribution >= 0.6 is 0 Å². The van der Waals surface area contributed by atoms with Gasteiger partial charge in [-0.1, -0.05) is 33.1 Å². The molecule has 114 valence electrons. The highest BCUT2D eigenvalue weighted by atomic mass is 16.5. The van der Waals surface area contributed by atoms with Crippen molar-refractivity contribution in [3.8, 4) is 0 Å². The van der Waals surface area contributed by atoms with Gasteiger partial charge in [-0.3, -0.25) is 4.68 Å². The number of aryl methyl sites for hydroxylation is 1. The van der Waals surface area contributed by atoms with Crippen LogP contribution in [0.15, 0.2) is 12.4 Å². The van der Waals surface area contributed by atoms with E-state index in [0.29, 0.717) is 12.0 Å². The molecule has 1 aromatic rings. The van der Waals surface area contributed by atoms with Crippen molar-refractivity contribution in [2.75, 3.05) is 0 Å². The molecule has 4 nitrogen and oxygen atoms in total. The molecule has 1 fully saturated rings. The molecule has 4 heteroatoms. The third kappa shape index (κ3) is 3.61. The number of rotatable bonds is 6. The fourth-order valence-corrected chi connectivity index (χ4v) is 3.24. The predicted molar refractivity (Wildman–Crippen MR) is 81.3 cm³/mol. The second kappa shape index (κ2) is 7.23. The molecule has 0 amide bonds. The van der Waals surface area contributed by atoms with Crippen molar-refractivity contribution in [1.29, 1.82) is 0 Å². The Morgan fingerprint density at radius 3 is 2.75 bits per heavy atom. The van der Waals surface area contributed by atoms with Crippen LogP contribution in [0.25, 0.3) is 0 Å². The number of hydrogen-bond donors (Lipinski definition) is 1. The second-order valence-electron chi connectivity index (χ2n) is 6.07. The first kappa shape index (κ1) is 15.5. The van der Waals surface area contributed by atoms with Crippen LogP contribution in [0.2, 0.25) is 0 Å². The van der Waals surface area contributed by atoms with Gasteiger partial charge in [-0.05, 0) is 25.2 Å². The largest absolute Gasteiger partial charge is 0.368 e. The summed E-state index contributed by atoms with van der Waals surface area (Å²) < 4.78 is 8.29. The molecule has 0 bridgehead atoms. The summed E-state index contributed by atoms with van der Waals surface area (Å²) >= 11 is 0. The van der Waals surface area contributed by atoms with E-state index >= 15 is 0 Å². The van der Waals surface area contributed by atoms with Gasteiger partial charge in [0.05, 0.1) is 12.3 Å². The summed E-state index contributed by atoms with van der Waals surface area (Å²) in [5.41, 5.74) is 7.41. The molecular weight excluding hydrogens is 250 g/mol. The second-order valence-corrected chi connectivity index (χ2v) is 6.07. The van der Waals surface area contributed by atoms with Crippen LogP contribution in [-0.4, -0.2) is 21.9 Å². The Bertz CT molecular complexity index is 404. The van der Waals surface area contributed by atoms with Gasteiger partial charge >= 0.3 is 0 Å². The maximum atomic E-state index is 6.47. The normalized spacial score (nSPS) is 26.4. The van der Waals surface area contributed by atoms with Crippen LogP contribution in [0.4, 0.5) is 0 Å². The zero-order valence-electron chi connectivity index (χ0n) is 13.1. The zero-order valence-corrected chi connectivity index (χ0v) is 13.1. The van der Waals surface area contributed by atoms with Gasteiger partial charge in [0.15, 0.2) is 0 Å². The Morgan fingerprint density at radius 1 is 1.40 bits per heavy atom. The fourth-order valence-electron chi connectivity index (χ4n) is 3.24. The molecule has 1 saturated carbocycles. The van der Waals surface area contributed by atoms with E-state index in [1.165, 1.54) is 32.1 Å². The summed E-state index contributed by atoms with van der Waals surface area (Å²) in [5.74, 6) is 0.687. The van der Waals surface area contributed by atoms with E-state index in [4.69, 9.17) is 10.5 Å². The maximum Gasteiger partial charge on any atom is 0.101 e. The van der Waals surface area contributed by atoms with Gasteiger partial charge in [-0.15, -0.1) is 0 Å². The summed E-state index contributed by atoms with van der Waals surface area (Å²) in [4.78, 5) is 0. The van der Waals surface area contributed by atoms with Crippen molar-refractivity contribution in [2.45, 2.75) is 70.6 Å². The average molecular weight is 279 g/mol. The van der Waals surface area contributed by atoms with Gasteiger partial charge in [0, 0.05) is 24.8 Å². The molecule has 2 rings (SSSR count). The Morgan fingerprint density at radius 2 is 2.15 bits per heavy atom. The summed E-state index contributed by atoms with van der Waals surface area (Å²) in [6.07, 6.45) is 11.5. The van der Waals surface area contributed by atoms with Gasteiger partial charge in [0.1, 0.15) is 6.10 Å². The summed E-state index contributed by atoms with van der Waals surface area (Å²) in [5, 5.41) is 4.27. The Labute approximate surface area is 122 Å². The van der Waals surface area contributed by atoms with Gasteiger partial charge in [0.2, 0.25) is 0 Å². The number of nitrogens with zero attached hydrogens (tertiary/aromatic N) is 2. The number of hydrogen-bond acceptors (Lipinski definition) is 3. The summed E-state index contributed by atoms with van der Waals surface area (Å²) in [6.45, 7) is 4.39. The number of nitrogens with two attached hydrogens (primary N) is 1. The molecule has 0 aliphatic heterocycles. The van der Waals surface area contributed by atoms with E-state index in [2.05, 4.69) is 18.9 Å². The minimum absolute atomic E-state index is 0.0224. The van der Waals surface area contributed by atoms with Crippen LogP contribution in [0.1, 0.15) is 64.0 Å². The van der Waals surface area contributed by atoms with Crippen LogP contribution in [-0.2, 0) is 11.8 Å². The highest BCUT2D eigenvalue weighted by Gasteiger charge is 2.30. The first-order valence-electron chi connectivity index (χ1n) is 8.05. The third-order valence-corrected chi connectivity index (χ3v) is 4.60. The Balaban J connectivity index is 2.11. The SMILES string of the molecule is CCC(N)C(OC1CCCCC1CC)c1cnn(C)c1.